The van der Waals surface area contributed by atoms with Crippen molar-refractivity contribution in [2.24, 2.45) is 5.73 Å². The Hall–Kier alpha value is -1.63. The summed E-state index contributed by atoms with van der Waals surface area (Å²) in [4.78, 5) is 22.9. The van der Waals surface area contributed by atoms with E-state index in [0.29, 0.717) is 13.0 Å². The zero-order chi connectivity index (χ0) is 14.0. The molecule has 0 saturated carbocycles. The Morgan fingerprint density at radius 1 is 1.47 bits per heavy atom. The van der Waals surface area contributed by atoms with Crippen molar-refractivity contribution in [3.05, 3.63) is 28.8 Å². The van der Waals surface area contributed by atoms with E-state index in [-0.39, 0.29) is 22.9 Å². The lowest BCUT2D eigenvalue weighted by atomic mass is 9.99. The van der Waals surface area contributed by atoms with Gasteiger partial charge < -0.3 is 20.9 Å². The number of rotatable bonds is 3. The molecular formula is C12H13ClN2O4. The first-order valence-corrected chi connectivity index (χ1v) is 6.01. The molecule has 0 radical (unpaired) electrons. The van der Waals surface area contributed by atoms with E-state index < -0.39 is 17.4 Å². The number of hydrogen-bond donors (Lipinski definition) is 3. The van der Waals surface area contributed by atoms with Crippen LogP contribution < -0.4 is 11.1 Å². The number of nitrogens with one attached hydrogen (secondary N) is 1. The van der Waals surface area contributed by atoms with Crippen LogP contribution in [0, 0.1) is 0 Å². The highest BCUT2D eigenvalue weighted by Gasteiger charge is 2.38. The van der Waals surface area contributed by atoms with Crippen LogP contribution in [0.3, 0.4) is 0 Å². The third-order valence-corrected chi connectivity index (χ3v) is 3.30. The van der Waals surface area contributed by atoms with Crippen LogP contribution in [0.1, 0.15) is 16.8 Å². The molecule has 1 amide bonds. The Balaban J connectivity index is 2.20. The number of nitrogens with two attached hydrogens (primary N) is 1. The molecule has 6 nitrogen and oxygen atoms in total. The van der Waals surface area contributed by atoms with E-state index in [0.717, 1.165) is 0 Å². The number of benzene rings is 1. The number of halogens is 1. The van der Waals surface area contributed by atoms with Crippen molar-refractivity contribution in [2.75, 3.05) is 18.5 Å². The first-order chi connectivity index (χ1) is 8.92. The molecular weight excluding hydrogens is 272 g/mol. The van der Waals surface area contributed by atoms with Crippen LogP contribution in [-0.4, -0.2) is 35.7 Å². The average Bonchev–Trinajstić information content (AvgIpc) is 2.80. The molecule has 0 bridgehead atoms. The highest BCUT2D eigenvalue weighted by molar-refractivity contribution is 6.34. The molecule has 0 aromatic heterocycles. The van der Waals surface area contributed by atoms with Gasteiger partial charge in [-0.3, -0.25) is 4.79 Å². The van der Waals surface area contributed by atoms with Crippen molar-refractivity contribution < 1.29 is 19.4 Å². The fourth-order valence-electron chi connectivity index (χ4n) is 1.76. The fraction of sp³-hybridized carbons (Fsp3) is 0.333. The molecule has 1 aliphatic rings. The summed E-state index contributed by atoms with van der Waals surface area (Å²) in [5, 5.41) is 11.7. The van der Waals surface area contributed by atoms with Gasteiger partial charge in [0.25, 0.3) is 0 Å². The molecule has 4 N–H and O–H groups in total. The van der Waals surface area contributed by atoms with Crippen molar-refractivity contribution in [1.29, 1.82) is 0 Å². The molecule has 1 aromatic rings. The van der Waals surface area contributed by atoms with Gasteiger partial charge >= 0.3 is 5.97 Å². The van der Waals surface area contributed by atoms with Crippen molar-refractivity contribution >= 4 is 29.2 Å². The molecule has 1 saturated heterocycles. The molecule has 1 atom stereocenters. The first-order valence-electron chi connectivity index (χ1n) is 5.63. The zero-order valence-electron chi connectivity index (χ0n) is 9.98. The third-order valence-electron chi connectivity index (χ3n) is 2.97. The van der Waals surface area contributed by atoms with Crippen LogP contribution in [0.25, 0.3) is 0 Å². The fourth-order valence-corrected chi connectivity index (χ4v) is 1.93. The van der Waals surface area contributed by atoms with Gasteiger partial charge in [-0.15, -0.1) is 0 Å². The normalized spacial score (nSPS) is 22.2. The number of carbonyl (C=O) groups excluding carboxylic acids is 1. The lowest BCUT2D eigenvalue weighted by molar-refractivity contribution is -0.121. The van der Waals surface area contributed by atoms with Gasteiger partial charge in [0, 0.05) is 6.61 Å². The van der Waals surface area contributed by atoms with E-state index in [1.807, 2.05) is 0 Å². The summed E-state index contributed by atoms with van der Waals surface area (Å²) in [7, 11) is 0. The number of carboxylic acids is 1. The van der Waals surface area contributed by atoms with Gasteiger partial charge in [0.1, 0.15) is 5.54 Å². The Labute approximate surface area is 114 Å². The number of ether oxygens (including phenoxy) is 1. The molecule has 1 aromatic carbocycles. The number of hydrogen-bond acceptors (Lipinski definition) is 4. The Morgan fingerprint density at radius 3 is 2.79 bits per heavy atom. The number of amides is 1. The van der Waals surface area contributed by atoms with Gasteiger partial charge in [0.05, 0.1) is 22.9 Å². The predicted octanol–water partition coefficient (Wildman–Crippen LogP) is 1.09. The van der Waals surface area contributed by atoms with E-state index in [2.05, 4.69) is 5.32 Å². The molecule has 7 heteroatoms. The lowest BCUT2D eigenvalue weighted by Crippen LogP contribution is -2.51. The second kappa shape index (κ2) is 5.16. The first kappa shape index (κ1) is 13.8. The number of carbonyl (C=O) groups is 2. The molecule has 1 fully saturated rings. The topological polar surface area (TPSA) is 102 Å². The smallest absolute Gasteiger partial charge is 0.335 e. The van der Waals surface area contributed by atoms with Crippen LogP contribution in [0.2, 0.25) is 5.02 Å². The average molecular weight is 285 g/mol. The van der Waals surface area contributed by atoms with E-state index in [9.17, 15) is 9.59 Å². The summed E-state index contributed by atoms with van der Waals surface area (Å²) >= 11 is 5.92. The molecule has 0 spiro atoms. The minimum atomic E-state index is -1.10. The van der Waals surface area contributed by atoms with Crippen molar-refractivity contribution in [1.82, 2.24) is 0 Å². The van der Waals surface area contributed by atoms with Gasteiger partial charge in [0.2, 0.25) is 5.91 Å². The highest BCUT2D eigenvalue weighted by atomic mass is 35.5. The maximum atomic E-state index is 12.0. The second-order valence-electron chi connectivity index (χ2n) is 4.41. The second-order valence-corrected chi connectivity index (χ2v) is 4.82. The van der Waals surface area contributed by atoms with Gasteiger partial charge in [-0.2, -0.15) is 0 Å². The van der Waals surface area contributed by atoms with Gasteiger partial charge in [0.15, 0.2) is 0 Å². The minimum absolute atomic E-state index is 0.0356. The largest absolute Gasteiger partial charge is 0.478 e. The molecule has 102 valence electrons. The Kier molecular flexibility index (Phi) is 3.75. The van der Waals surface area contributed by atoms with Crippen LogP contribution in [-0.2, 0) is 9.53 Å². The van der Waals surface area contributed by atoms with Crippen LogP contribution >= 0.6 is 11.6 Å². The molecule has 19 heavy (non-hydrogen) atoms. The Bertz CT molecular complexity index is 526. The molecule has 1 unspecified atom stereocenters. The standard InChI is InChI=1S/C12H13ClN2O4/c13-8-2-1-7(10(16)17)5-9(8)15-11(18)12(14)3-4-19-6-12/h1-2,5H,3-4,6,14H2,(H,15,18)(H,16,17). The minimum Gasteiger partial charge on any atom is -0.478 e. The summed E-state index contributed by atoms with van der Waals surface area (Å²) in [6, 6.07) is 4.06. The number of aromatic carboxylic acids is 1. The van der Waals surface area contributed by atoms with Gasteiger partial charge in [-0.25, -0.2) is 4.79 Å². The maximum absolute atomic E-state index is 12.0. The highest BCUT2D eigenvalue weighted by Crippen LogP contribution is 2.25. The number of carboxylic acid groups (broad SMARTS) is 1. The predicted molar refractivity (Wildman–Crippen MR) is 69.4 cm³/mol. The summed E-state index contributed by atoms with van der Waals surface area (Å²) in [5.74, 6) is -1.53. The molecule has 2 rings (SSSR count). The summed E-state index contributed by atoms with van der Waals surface area (Å²) in [6.07, 6.45) is 0.412. The number of anilines is 1. The van der Waals surface area contributed by atoms with Crippen molar-refractivity contribution in [2.45, 2.75) is 12.0 Å². The summed E-state index contributed by atoms with van der Waals surface area (Å²) in [5.41, 5.74) is 5.07. The Morgan fingerprint density at radius 2 is 2.21 bits per heavy atom. The van der Waals surface area contributed by atoms with E-state index >= 15 is 0 Å². The molecule has 0 aliphatic carbocycles. The van der Waals surface area contributed by atoms with E-state index in [1.54, 1.807) is 0 Å². The SMILES string of the molecule is NC1(C(=O)Nc2cc(C(=O)O)ccc2Cl)CCOC1. The van der Waals surface area contributed by atoms with E-state index in [4.69, 9.17) is 27.2 Å². The summed E-state index contributed by atoms with van der Waals surface area (Å²) < 4.78 is 5.10. The quantitative estimate of drug-likeness (QED) is 0.771. The van der Waals surface area contributed by atoms with Gasteiger partial charge in [-0.1, -0.05) is 11.6 Å². The lowest BCUT2D eigenvalue weighted by Gasteiger charge is -2.21. The van der Waals surface area contributed by atoms with Crippen LogP contribution in [0.15, 0.2) is 18.2 Å². The monoisotopic (exact) mass is 284 g/mol. The van der Waals surface area contributed by atoms with Crippen molar-refractivity contribution in [3.8, 4) is 0 Å². The van der Waals surface area contributed by atoms with Crippen molar-refractivity contribution in [3.63, 3.8) is 0 Å². The maximum Gasteiger partial charge on any atom is 0.335 e. The van der Waals surface area contributed by atoms with Gasteiger partial charge in [-0.05, 0) is 24.6 Å². The molecule has 1 heterocycles. The van der Waals surface area contributed by atoms with Crippen LogP contribution in [0.5, 0.6) is 0 Å². The molecule has 1 aliphatic heterocycles. The zero-order valence-corrected chi connectivity index (χ0v) is 10.7. The third kappa shape index (κ3) is 2.86. The summed E-state index contributed by atoms with van der Waals surface area (Å²) in [6.45, 7) is 0.557. The van der Waals surface area contributed by atoms with Crippen LogP contribution in [0.4, 0.5) is 5.69 Å². The van der Waals surface area contributed by atoms with E-state index in [1.165, 1.54) is 18.2 Å².